The van der Waals surface area contributed by atoms with E-state index >= 15 is 0 Å². The standard InChI is InChI=1S/C31H38ClN3O4S/c1-21-11-15-25(16-12-21)19-34(24(4)30(37)33-31(5,6)7)29(36)20-35(28-10-8-9-27(32)23(28)3)40(38,39)26-17-13-22(2)14-18-26/h8-18,24H,19-20H2,1-7H3,(H,33,37). The van der Waals surface area contributed by atoms with E-state index in [-0.39, 0.29) is 17.3 Å². The highest BCUT2D eigenvalue weighted by Crippen LogP contribution is 2.31. The molecule has 0 fully saturated rings. The second-order valence-electron chi connectivity index (χ2n) is 11.1. The zero-order chi connectivity index (χ0) is 29.8. The number of rotatable bonds is 9. The maximum Gasteiger partial charge on any atom is 0.264 e. The molecule has 0 saturated heterocycles. The minimum atomic E-state index is -4.17. The van der Waals surface area contributed by atoms with E-state index in [0.29, 0.717) is 16.3 Å². The Kier molecular flexibility index (Phi) is 9.69. The third kappa shape index (κ3) is 7.64. The second kappa shape index (κ2) is 12.4. The van der Waals surface area contributed by atoms with Crippen LogP contribution in [0.2, 0.25) is 5.02 Å². The highest BCUT2D eigenvalue weighted by Gasteiger charge is 2.34. The SMILES string of the molecule is Cc1ccc(CN(C(=O)CN(c2cccc(Cl)c2C)S(=O)(=O)c2ccc(C)cc2)C(C)C(=O)NC(C)(C)C)cc1. The molecule has 1 unspecified atom stereocenters. The molecule has 9 heteroatoms. The number of carbonyl (C=O) groups excluding carboxylic acids is 2. The average molecular weight is 584 g/mol. The molecule has 3 aromatic carbocycles. The van der Waals surface area contributed by atoms with E-state index in [2.05, 4.69) is 5.32 Å². The normalized spacial score (nSPS) is 12.5. The van der Waals surface area contributed by atoms with Crippen LogP contribution in [0.3, 0.4) is 0 Å². The van der Waals surface area contributed by atoms with Gasteiger partial charge in [-0.1, -0.05) is 65.2 Å². The van der Waals surface area contributed by atoms with Crippen molar-refractivity contribution in [3.05, 3.63) is 94.0 Å². The predicted octanol–water partition coefficient (Wildman–Crippen LogP) is 5.79. The maximum absolute atomic E-state index is 14.0. The number of nitrogens with one attached hydrogen (secondary N) is 1. The Balaban J connectivity index is 2.08. The lowest BCUT2D eigenvalue weighted by atomic mass is 10.1. The lowest BCUT2D eigenvalue weighted by molar-refractivity contribution is -0.140. The Labute approximate surface area is 243 Å². The summed E-state index contributed by atoms with van der Waals surface area (Å²) < 4.78 is 29.1. The summed E-state index contributed by atoms with van der Waals surface area (Å²) in [6.07, 6.45) is 0. The fraction of sp³-hybridized carbons (Fsp3) is 0.355. The van der Waals surface area contributed by atoms with Gasteiger partial charge in [-0.25, -0.2) is 8.42 Å². The van der Waals surface area contributed by atoms with Crippen molar-refractivity contribution in [2.75, 3.05) is 10.8 Å². The molecular weight excluding hydrogens is 546 g/mol. The maximum atomic E-state index is 14.0. The summed E-state index contributed by atoms with van der Waals surface area (Å²) in [7, 11) is -4.17. The van der Waals surface area contributed by atoms with Crippen molar-refractivity contribution in [3.8, 4) is 0 Å². The monoisotopic (exact) mass is 583 g/mol. The summed E-state index contributed by atoms with van der Waals surface area (Å²) in [5.74, 6) is -0.855. The van der Waals surface area contributed by atoms with Crippen LogP contribution < -0.4 is 9.62 Å². The molecule has 0 aliphatic carbocycles. The molecule has 2 amide bonds. The molecule has 0 heterocycles. The zero-order valence-corrected chi connectivity index (χ0v) is 25.7. The fourth-order valence-electron chi connectivity index (χ4n) is 4.16. The number of hydrogen-bond acceptors (Lipinski definition) is 4. The molecule has 0 aromatic heterocycles. The summed E-state index contributed by atoms with van der Waals surface area (Å²) in [4.78, 5) is 28.7. The van der Waals surface area contributed by atoms with Crippen LogP contribution in [0.5, 0.6) is 0 Å². The van der Waals surface area contributed by atoms with E-state index in [1.807, 2.05) is 58.9 Å². The number of aryl methyl sites for hydroxylation is 2. The van der Waals surface area contributed by atoms with Gasteiger partial charge in [0.1, 0.15) is 12.6 Å². The van der Waals surface area contributed by atoms with Gasteiger partial charge < -0.3 is 10.2 Å². The van der Waals surface area contributed by atoms with Gasteiger partial charge in [0, 0.05) is 17.1 Å². The first-order valence-corrected chi connectivity index (χ1v) is 14.9. The first kappa shape index (κ1) is 31.2. The molecule has 0 spiro atoms. The summed E-state index contributed by atoms with van der Waals surface area (Å²) in [5, 5.41) is 3.31. The summed E-state index contributed by atoms with van der Waals surface area (Å²) >= 11 is 6.38. The van der Waals surface area contributed by atoms with E-state index in [9.17, 15) is 18.0 Å². The summed E-state index contributed by atoms with van der Waals surface area (Å²) in [6, 6.07) is 18.2. The molecule has 3 rings (SSSR count). The van der Waals surface area contributed by atoms with E-state index < -0.39 is 34.1 Å². The van der Waals surface area contributed by atoms with Gasteiger partial charge in [0.15, 0.2) is 0 Å². The second-order valence-corrected chi connectivity index (χ2v) is 13.4. The quantitative estimate of drug-likeness (QED) is 0.345. The topological polar surface area (TPSA) is 86.8 Å². The Bertz CT molecular complexity index is 1460. The number of hydrogen-bond donors (Lipinski definition) is 1. The molecule has 0 bridgehead atoms. The molecule has 0 radical (unpaired) electrons. The summed E-state index contributed by atoms with van der Waals surface area (Å²) in [5.41, 5.74) is 3.10. The van der Waals surface area contributed by atoms with Gasteiger partial charge >= 0.3 is 0 Å². The highest BCUT2D eigenvalue weighted by atomic mass is 35.5. The lowest BCUT2D eigenvalue weighted by Crippen LogP contribution is -2.54. The van der Waals surface area contributed by atoms with Gasteiger partial charge in [0.05, 0.1) is 10.6 Å². The van der Waals surface area contributed by atoms with Gasteiger partial charge in [-0.2, -0.15) is 0 Å². The highest BCUT2D eigenvalue weighted by molar-refractivity contribution is 7.92. The Hall–Kier alpha value is -3.36. The minimum absolute atomic E-state index is 0.0499. The largest absolute Gasteiger partial charge is 0.350 e. The molecule has 7 nitrogen and oxygen atoms in total. The first-order chi connectivity index (χ1) is 18.6. The molecule has 3 aromatic rings. The van der Waals surface area contributed by atoms with Crippen LogP contribution in [-0.4, -0.2) is 43.3 Å². The van der Waals surface area contributed by atoms with E-state index in [1.54, 1.807) is 44.2 Å². The smallest absolute Gasteiger partial charge is 0.264 e. The van der Waals surface area contributed by atoms with Crippen LogP contribution in [-0.2, 0) is 26.2 Å². The van der Waals surface area contributed by atoms with Crippen molar-refractivity contribution in [2.24, 2.45) is 0 Å². The summed E-state index contributed by atoms with van der Waals surface area (Å²) in [6.45, 7) is 12.4. The van der Waals surface area contributed by atoms with Gasteiger partial charge in [0.25, 0.3) is 10.0 Å². The molecule has 0 aliphatic heterocycles. The van der Waals surface area contributed by atoms with Crippen LogP contribution in [0, 0.1) is 20.8 Å². The first-order valence-electron chi connectivity index (χ1n) is 13.1. The van der Waals surface area contributed by atoms with E-state index in [0.717, 1.165) is 21.0 Å². The van der Waals surface area contributed by atoms with Crippen molar-refractivity contribution in [2.45, 2.75) is 71.5 Å². The zero-order valence-electron chi connectivity index (χ0n) is 24.2. The van der Waals surface area contributed by atoms with Crippen LogP contribution >= 0.6 is 11.6 Å². The van der Waals surface area contributed by atoms with Crippen molar-refractivity contribution < 1.29 is 18.0 Å². The third-order valence-corrected chi connectivity index (χ3v) is 8.72. The number of sulfonamides is 1. The van der Waals surface area contributed by atoms with Crippen molar-refractivity contribution in [1.29, 1.82) is 0 Å². The number of amides is 2. The minimum Gasteiger partial charge on any atom is -0.350 e. The molecule has 40 heavy (non-hydrogen) atoms. The van der Waals surface area contributed by atoms with E-state index in [1.165, 1.54) is 17.0 Å². The van der Waals surface area contributed by atoms with Crippen LogP contribution in [0.4, 0.5) is 5.69 Å². The van der Waals surface area contributed by atoms with Gasteiger partial charge in [-0.15, -0.1) is 0 Å². The van der Waals surface area contributed by atoms with Crippen LogP contribution in [0.1, 0.15) is 49.9 Å². The molecule has 214 valence electrons. The Morgan fingerprint density at radius 2 is 1.45 bits per heavy atom. The van der Waals surface area contributed by atoms with Crippen molar-refractivity contribution >= 4 is 39.1 Å². The number of halogens is 1. The Morgan fingerprint density at radius 3 is 2.00 bits per heavy atom. The van der Waals surface area contributed by atoms with Crippen molar-refractivity contribution in [3.63, 3.8) is 0 Å². The van der Waals surface area contributed by atoms with E-state index in [4.69, 9.17) is 11.6 Å². The fourth-order valence-corrected chi connectivity index (χ4v) is 5.81. The van der Waals surface area contributed by atoms with Crippen LogP contribution in [0.25, 0.3) is 0 Å². The number of carbonyl (C=O) groups is 2. The van der Waals surface area contributed by atoms with Gasteiger partial charge in [-0.3, -0.25) is 13.9 Å². The number of nitrogens with zero attached hydrogens (tertiary/aromatic N) is 2. The number of benzene rings is 3. The molecular formula is C31H38ClN3O4S. The molecule has 0 saturated carbocycles. The lowest BCUT2D eigenvalue weighted by Gasteiger charge is -2.34. The Morgan fingerprint density at radius 1 is 0.900 bits per heavy atom. The van der Waals surface area contributed by atoms with Gasteiger partial charge in [-0.05, 0) is 83.9 Å². The molecule has 1 N–H and O–H groups in total. The molecule has 0 aliphatic rings. The number of anilines is 1. The third-order valence-electron chi connectivity index (χ3n) is 6.53. The average Bonchev–Trinajstić information content (AvgIpc) is 2.87. The van der Waals surface area contributed by atoms with Crippen LogP contribution in [0.15, 0.2) is 71.6 Å². The molecule has 1 atom stereocenters. The van der Waals surface area contributed by atoms with Gasteiger partial charge in [0.2, 0.25) is 11.8 Å². The van der Waals surface area contributed by atoms with Crippen molar-refractivity contribution in [1.82, 2.24) is 10.2 Å². The predicted molar refractivity (Wildman–Crippen MR) is 161 cm³/mol.